The van der Waals surface area contributed by atoms with Gasteiger partial charge in [0.15, 0.2) is 9.84 Å². The number of benzene rings is 1. The van der Waals surface area contributed by atoms with Crippen molar-refractivity contribution < 1.29 is 23.1 Å². The van der Waals surface area contributed by atoms with E-state index in [-0.39, 0.29) is 23.6 Å². The van der Waals surface area contributed by atoms with Gasteiger partial charge >= 0.3 is 0 Å². The SMILES string of the molecule is CCS(=O)(=O)C(Oc1ccc(C(=O)N(C)C2C3CC4CC2CC(O)(C4)C3)cc1)C1CCNCC1. The normalized spacial score (nSPS) is 34.1. The highest BCUT2D eigenvalue weighted by Crippen LogP contribution is 2.56. The molecule has 1 heterocycles. The number of rotatable bonds is 7. The lowest BCUT2D eigenvalue weighted by atomic mass is 9.52. The summed E-state index contributed by atoms with van der Waals surface area (Å²) < 4.78 is 31.6. The van der Waals surface area contributed by atoms with Gasteiger partial charge in [-0.2, -0.15) is 0 Å². The van der Waals surface area contributed by atoms with Crippen LogP contribution in [0.25, 0.3) is 0 Å². The van der Waals surface area contributed by atoms with Crippen LogP contribution in [0.3, 0.4) is 0 Å². The monoisotopic (exact) mass is 490 g/mol. The van der Waals surface area contributed by atoms with Crippen LogP contribution in [0.15, 0.2) is 24.3 Å². The smallest absolute Gasteiger partial charge is 0.253 e. The summed E-state index contributed by atoms with van der Waals surface area (Å²) in [5.41, 5.74) is -0.790. The van der Waals surface area contributed by atoms with Crippen LogP contribution in [0.5, 0.6) is 5.75 Å². The first-order valence-corrected chi connectivity index (χ1v) is 14.6. The van der Waals surface area contributed by atoms with Crippen molar-refractivity contribution in [1.82, 2.24) is 10.2 Å². The molecule has 5 fully saturated rings. The maximum Gasteiger partial charge on any atom is 0.253 e. The van der Waals surface area contributed by atoms with Crippen LogP contribution in [-0.2, 0) is 9.84 Å². The summed E-state index contributed by atoms with van der Waals surface area (Å²) in [6, 6.07) is 7.12. The lowest BCUT2D eigenvalue weighted by molar-refractivity contribution is -0.152. The number of nitrogens with zero attached hydrogens (tertiary/aromatic N) is 1. The third-order valence-corrected chi connectivity index (χ3v) is 10.8. The Morgan fingerprint density at radius 1 is 1.15 bits per heavy atom. The molecule has 7 nitrogen and oxygen atoms in total. The minimum absolute atomic E-state index is 0.0212. The van der Waals surface area contributed by atoms with Crippen LogP contribution >= 0.6 is 0 Å². The first-order chi connectivity index (χ1) is 16.2. The molecule has 4 bridgehead atoms. The standard InChI is InChI=1S/C26H38N2O5S/c1-3-34(31,32)25(19-8-10-27-11-9-19)33-22-6-4-18(5-7-22)24(29)28(2)23-20-12-17-13-21(23)16-26(30,14-17)15-20/h4-7,17,19-21,23,25,27,30H,3,8-16H2,1-2H3. The lowest BCUT2D eigenvalue weighted by Crippen LogP contribution is -2.61. The van der Waals surface area contributed by atoms with Crippen molar-refractivity contribution in [3.8, 4) is 5.75 Å². The summed E-state index contributed by atoms with van der Waals surface area (Å²) in [6.45, 7) is 3.25. The molecule has 3 unspecified atom stereocenters. The van der Waals surface area contributed by atoms with Gasteiger partial charge in [0.25, 0.3) is 5.91 Å². The van der Waals surface area contributed by atoms with Crippen LogP contribution in [0.2, 0.25) is 0 Å². The van der Waals surface area contributed by atoms with Gasteiger partial charge in [0, 0.05) is 24.6 Å². The number of carbonyl (C=O) groups excluding carboxylic acids is 1. The van der Waals surface area contributed by atoms with E-state index < -0.39 is 20.9 Å². The van der Waals surface area contributed by atoms with E-state index in [4.69, 9.17) is 4.74 Å². The second-order valence-electron chi connectivity index (χ2n) is 11.2. The number of nitrogens with one attached hydrogen (secondary N) is 1. The highest BCUT2D eigenvalue weighted by molar-refractivity contribution is 7.91. The molecule has 1 aromatic carbocycles. The van der Waals surface area contributed by atoms with Crippen molar-refractivity contribution in [2.75, 3.05) is 25.9 Å². The van der Waals surface area contributed by atoms with Crippen molar-refractivity contribution >= 4 is 15.7 Å². The zero-order valence-corrected chi connectivity index (χ0v) is 21.1. The number of carbonyl (C=O) groups is 1. The fraction of sp³-hybridized carbons (Fsp3) is 0.731. The Kier molecular flexibility index (Phi) is 6.44. The van der Waals surface area contributed by atoms with E-state index in [9.17, 15) is 18.3 Å². The number of sulfone groups is 1. The molecule has 5 aliphatic rings. The fourth-order valence-corrected chi connectivity index (χ4v) is 8.92. The number of aliphatic hydroxyl groups is 1. The molecule has 4 aliphatic carbocycles. The number of hydrogen-bond donors (Lipinski definition) is 2. The van der Waals surface area contributed by atoms with Gasteiger partial charge in [-0.25, -0.2) is 8.42 Å². The van der Waals surface area contributed by atoms with Crippen LogP contribution in [0.1, 0.15) is 62.2 Å². The molecule has 4 saturated carbocycles. The van der Waals surface area contributed by atoms with E-state index in [0.29, 0.717) is 29.1 Å². The number of ether oxygens (including phenoxy) is 1. The molecule has 34 heavy (non-hydrogen) atoms. The predicted molar refractivity (Wildman–Crippen MR) is 130 cm³/mol. The summed E-state index contributed by atoms with van der Waals surface area (Å²) in [6.07, 6.45) is 6.29. The van der Waals surface area contributed by atoms with Gasteiger partial charge in [-0.05, 0) is 100 Å². The highest BCUT2D eigenvalue weighted by atomic mass is 32.2. The van der Waals surface area contributed by atoms with Gasteiger partial charge in [0.1, 0.15) is 5.75 Å². The van der Waals surface area contributed by atoms with Gasteiger partial charge < -0.3 is 20.1 Å². The van der Waals surface area contributed by atoms with Crippen LogP contribution in [0.4, 0.5) is 0 Å². The average molecular weight is 491 g/mol. The van der Waals surface area contributed by atoms with Crippen molar-refractivity contribution in [1.29, 1.82) is 0 Å². The summed E-state index contributed by atoms with van der Waals surface area (Å²) in [5.74, 6) is 1.82. The van der Waals surface area contributed by atoms with Gasteiger partial charge in [0.05, 0.1) is 11.4 Å². The first kappa shape index (κ1) is 24.1. The molecule has 1 saturated heterocycles. The van der Waals surface area contributed by atoms with E-state index in [1.165, 1.54) is 0 Å². The Morgan fingerprint density at radius 2 is 1.76 bits per heavy atom. The first-order valence-electron chi connectivity index (χ1n) is 12.9. The number of hydrogen-bond acceptors (Lipinski definition) is 6. The van der Waals surface area contributed by atoms with Gasteiger partial charge in [-0.3, -0.25) is 4.79 Å². The third-order valence-electron chi connectivity index (χ3n) is 8.84. The van der Waals surface area contributed by atoms with Crippen LogP contribution in [0, 0.1) is 23.7 Å². The molecule has 2 N–H and O–H groups in total. The molecule has 0 radical (unpaired) electrons. The van der Waals surface area contributed by atoms with E-state index in [1.807, 2.05) is 11.9 Å². The Labute approximate surface area is 203 Å². The largest absolute Gasteiger partial charge is 0.474 e. The Bertz CT molecular complexity index is 989. The molecule has 0 aromatic heterocycles. The lowest BCUT2D eigenvalue weighted by Gasteiger charge is -2.59. The van der Waals surface area contributed by atoms with Gasteiger partial charge in [0.2, 0.25) is 5.44 Å². The molecular weight excluding hydrogens is 452 g/mol. The molecule has 1 aliphatic heterocycles. The molecular formula is C26H38N2O5S. The molecule has 3 atom stereocenters. The predicted octanol–water partition coefficient (Wildman–Crippen LogP) is 2.84. The zero-order valence-electron chi connectivity index (χ0n) is 20.3. The maximum atomic E-state index is 13.4. The van der Waals surface area contributed by atoms with Crippen molar-refractivity contribution in [3.05, 3.63) is 29.8 Å². The summed E-state index contributed by atoms with van der Waals surface area (Å²) in [4.78, 5) is 15.2. The van der Waals surface area contributed by atoms with Gasteiger partial charge in [-0.15, -0.1) is 0 Å². The number of amides is 1. The van der Waals surface area contributed by atoms with Crippen LogP contribution in [-0.4, -0.2) is 67.3 Å². The Balaban J connectivity index is 1.28. The minimum Gasteiger partial charge on any atom is -0.474 e. The average Bonchev–Trinajstić information content (AvgIpc) is 2.81. The van der Waals surface area contributed by atoms with Crippen molar-refractivity contribution in [2.45, 2.75) is 68.9 Å². The molecule has 1 amide bonds. The number of piperidine rings is 1. The van der Waals surface area contributed by atoms with Crippen LogP contribution < -0.4 is 10.1 Å². The molecule has 1 aromatic rings. The van der Waals surface area contributed by atoms with E-state index in [0.717, 1.165) is 58.0 Å². The quantitative estimate of drug-likeness (QED) is 0.610. The minimum atomic E-state index is -3.37. The highest BCUT2D eigenvalue weighted by Gasteiger charge is 2.56. The summed E-state index contributed by atoms with van der Waals surface area (Å²) in [5, 5.41) is 14.1. The molecule has 0 spiro atoms. The van der Waals surface area contributed by atoms with E-state index >= 15 is 0 Å². The second kappa shape index (κ2) is 9.10. The van der Waals surface area contributed by atoms with Gasteiger partial charge in [-0.1, -0.05) is 6.92 Å². The fourth-order valence-electron chi connectivity index (χ4n) is 7.48. The second-order valence-corrected chi connectivity index (χ2v) is 13.5. The molecule has 6 rings (SSSR count). The Hall–Kier alpha value is -1.64. The third kappa shape index (κ3) is 4.49. The summed E-state index contributed by atoms with van der Waals surface area (Å²) in [7, 11) is -1.48. The zero-order chi connectivity index (χ0) is 24.1. The van der Waals surface area contributed by atoms with Crippen molar-refractivity contribution in [2.24, 2.45) is 23.7 Å². The molecule has 8 heteroatoms. The maximum absolute atomic E-state index is 13.4. The van der Waals surface area contributed by atoms with E-state index in [1.54, 1.807) is 31.2 Å². The van der Waals surface area contributed by atoms with Crippen molar-refractivity contribution in [3.63, 3.8) is 0 Å². The molecule has 188 valence electrons. The summed E-state index contributed by atoms with van der Waals surface area (Å²) >= 11 is 0. The Morgan fingerprint density at radius 3 is 2.32 bits per heavy atom. The topological polar surface area (TPSA) is 95.9 Å². The van der Waals surface area contributed by atoms with E-state index in [2.05, 4.69) is 5.32 Å².